The maximum atomic E-state index is 12.3. The second-order valence-electron chi connectivity index (χ2n) is 4.82. The number of aromatic nitrogens is 3. The molecule has 6 heteroatoms. The smallest absolute Gasteiger partial charge is 0.263 e. The van der Waals surface area contributed by atoms with Gasteiger partial charge in [-0.25, -0.2) is 4.98 Å². The number of hydrogen-bond acceptors (Lipinski definition) is 4. The lowest BCUT2D eigenvalue weighted by Crippen LogP contribution is -2.23. The molecule has 20 heavy (non-hydrogen) atoms. The van der Waals surface area contributed by atoms with Crippen molar-refractivity contribution in [2.24, 2.45) is 7.05 Å². The number of nitrogens with zero attached hydrogens (tertiary/aromatic N) is 3. The minimum Gasteiger partial charge on any atom is -0.347 e. The Balaban J connectivity index is 2.12. The third-order valence-electron chi connectivity index (χ3n) is 3.43. The van der Waals surface area contributed by atoms with Crippen LogP contribution >= 0.6 is 11.3 Å². The molecule has 0 aromatic carbocycles. The maximum absolute atomic E-state index is 12.3. The monoisotopic (exact) mass is 292 g/mol. The second-order valence-corrected chi connectivity index (χ2v) is 6.02. The van der Waals surface area contributed by atoms with Crippen molar-refractivity contribution in [3.63, 3.8) is 0 Å². The van der Waals surface area contributed by atoms with Gasteiger partial charge >= 0.3 is 0 Å². The van der Waals surface area contributed by atoms with Gasteiger partial charge in [0.2, 0.25) is 0 Å². The number of amides is 1. The van der Waals surface area contributed by atoms with Crippen LogP contribution in [-0.2, 0) is 20.0 Å². The van der Waals surface area contributed by atoms with Crippen LogP contribution in [0.1, 0.15) is 44.2 Å². The number of hydrogen-bond donors (Lipinski definition) is 1. The van der Waals surface area contributed by atoms with Gasteiger partial charge in [0, 0.05) is 24.8 Å². The van der Waals surface area contributed by atoms with Crippen LogP contribution in [0.3, 0.4) is 0 Å². The fraction of sp³-hybridized carbons (Fsp3) is 0.500. The van der Waals surface area contributed by atoms with Crippen molar-refractivity contribution >= 4 is 17.2 Å². The van der Waals surface area contributed by atoms with Crippen LogP contribution in [0.25, 0.3) is 0 Å². The summed E-state index contributed by atoms with van der Waals surface area (Å²) in [7, 11) is 1.91. The SMILES string of the molecule is CCc1nc(C)sc1C(=O)NCc1c(C)nn(C)c1C. The van der Waals surface area contributed by atoms with Crippen molar-refractivity contribution in [2.75, 3.05) is 0 Å². The van der Waals surface area contributed by atoms with Crippen LogP contribution in [0.5, 0.6) is 0 Å². The molecule has 0 unspecified atom stereocenters. The van der Waals surface area contributed by atoms with Gasteiger partial charge in [-0.1, -0.05) is 6.92 Å². The molecule has 0 spiro atoms. The molecular weight excluding hydrogens is 272 g/mol. The van der Waals surface area contributed by atoms with E-state index in [0.29, 0.717) is 6.54 Å². The zero-order valence-corrected chi connectivity index (χ0v) is 13.4. The zero-order chi connectivity index (χ0) is 14.9. The number of aryl methyl sites for hydroxylation is 4. The summed E-state index contributed by atoms with van der Waals surface area (Å²) in [6, 6.07) is 0. The van der Waals surface area contributed by atoms with E-state index in [1.807, 2.05) is 39.4 Å². The van der Waals surface area contributed by atoms with Crippen LogP contribution in [-0.4, -0.2) is 20.7 Å². The van der Waals surface area contributed by atoms with E-state index in [0.717, 1.165) is 39.0 Å². The first-order valence-electron chi connectivity index (χ1n) is 6.67. The second kappa shape index (κ2) is 5.75. The summed E-state index contributed by atoms with van der Waals surface area (Å²) >= 11 is 1.45. The van der Waals surface area contributed by atoms with Crippen LogP contribution < -0.4 is 5.32 Å². The predicted octanol–water partition coefficient (Wildman–Crippen LogP) is 2.29. The van der Waals surface area contributed by atoms with E-state index in [1.54, 1.807) is 0 Å². The van der Waals surface area contributed by atoms with Gasteiger partial charge in [0.15, 0.2) is 0 Å². The van der Waals surface area contributed by atoms with Crippen molar-refractivity contribution in [3.8, 4) is 0 Å². The molecule has 0 aliphatic carbocycles. The zero-order valence-electron chi connectivity index (χ0n) is 12.6. The Bertz CT molecular complexity index is 642. The number of nitrogens with one attached hydrogen (secondary N) is 1. The normalized spacial score (nSPS) is 10.8. The summed E-state index contributed by atoms with van der Waals surface area (Å²) in [5.41, 5.74) is 4.00. The summed E-state index contributed by atoms with van der Waals surface area (Å²) < 4.78 is 1.84. The van der Waals surface area contributed by atoms with Gasteiger partial charge in [-0.05, 0) is 27.2 Å². The van der Waals surface area contributed by atoms with Gasteiger partial charge in [0.05, 0.1) is 16.4 Å². The van der Waals surface area contributed by atoms with Crippen molar-refractivity contribution in [2.45, 2.75) is 40.7 Å². The van der Waals surface area contributed by atoms with E-state index in [4.69, 9.17) is 0 Å². The molecule has 0 aliphatic rings. The molecule has 0 fully saturated rings. The number of carbonyl (C=O) groups is 1. The average Bonchev–Trinajstić information content (AvgIpc) is 2.89. The Morgan fingerprint density at radius 1 is 1.35 bits per heavy atom. The molecule has 1 N–H and O–H groups in total. The Morgan fingerprint density at radius 2 is 2.05 bits per heavy atom. The van der Waals surface area contributed by atoms with Crippen molar-refractivity contribution in [1.82, 2.24) is 20.1 Å². The lowest BCUT2D eigenvalue weighted by molar-refractivity contribution is 0.0954. The Morgan fingerprint density at radius 3 is 2.60 bits per heavy atom. The predicted molar refractivity (Wildman–Crippen MR) is 80.1 cm³/mol. The third-order valence-corrected chi connectivity index (χ3v) is 4.44. The van der Waals surface area contributed by atoms with Gasteiger partial charge in [-0.3, -0.25) is 9.48 Å². The van der Waals surface area contributed by atoms with Gasteiger partial charge in [-0.15, -0.1) is 11.3 Å². The van der Waals surface area contributed by atoms with Crippen LogP contribution in [0.15, 0.2) is 0 Å². The summed E-state index contributed by atoms with van der Waals surface area (Å²) in [5.74, 6) is -0.0462. The van der Waals surface area contributed by atoms with Gasteiger partial charge < -0.3 is 5.32 Å². The van der Waals surface area contributed by atoms with E-state index in [-0.39, 0.29) is 5.91 Å². The Labute approximate surface area is 123 Å². The Kier molecular flexibility index (Phi) is 4.23. The van der Waals surface area contributed by atoms with Gasteiger partial charge in [0.25, 0.3) is 5.91 Å². The highest BCUT2D eigenvalue weighted by molar-refractivity contribution is 7.13. The summed E-state index contributed by atoms with van der Waals surface area (Å²) in [5, 5.41) is 8.26. The first-order valence-corrected chi connectivity index (χ1v) is 7.49. The molecule has 2 rings (SSSR count). The topological polar surface area (TPSA) is 59.8 Å². The molecule has 0 atom stereocenters. The molecular formula is C14H20N4OS. The maximum Gasteiger partial charge on any atom is 0.263 e. The summed E-state index contributed by atoms with van der Waals surface area (Å²) in [6.07, 6.45) is 0.776. The first-order chi connectivity index (χ1) is 9.43. The lowest BCUT2D eigenvalue weighted by atomic mass is 10.2. The average molecular weight is 292 g/mol. The molecule has 0 radical (unpaired) electrons. The van der Waals surface area contributed by atoms with Gasteiger partial charge in [-0.2, -0.15) is 5.10 Å². The quantitative estimate of drug-likeness (QED) is 0.940. The summed E-state index contributed by atoms with van der Waals surface area (Å²) in [4.78, 5) is 17.4. The first kappa shape index (κ1) is 14.7. The van der Waals surface area contributed by atoms with Crippen molar-refractivity contribution in [3.05, 3.63) is 32.5 Å². The van der Waals surface area contributed by atoms with Crippen LogP contribution in [0.4, 0.5) is 0 Å². The van der Waals surface area contributed by atoms with E-state index in [2.05, 4.69) is 15.4 Å². The largest absolute Gasteiger partial charge is 0.347 e. The Hall–Kier alpha value is -1.69. The van der Waals surface area contributed by atoms with Crippen molar-refractivity contribution in [1.29, 1.82) is 0 Å². The molecule has 0 aliphatic heterocycles. The van der Waals surface area contributed by atoms with E-state index in [1.165, 1.54) is 11.3 Å². The molecule has 2 heterocycles. The fourth-order valence-electron chi connectivity index (χ4n) is 2.21. The molecule has 0 bridgehead atoms. The molecule has 2 aromatic rings. The highest BCUT2D eigenvalue weighted by atomic mass is 32.1. The molecule has 0 saturated heterocycles. The van der Waals surface area contributed by atoms with E-state index in [9.17, 15) is 4.79 Å². The number of rotatable bonds is 4. The van der Waals surface area contributed by atoms with Gasteiger partial charge in [0.1, 0.15) is 4.88 Å². The minimum atomic E-state index is -0.0462. The van der Waals surface area contributed by atoms with E-state index >= 15 is 0 Å². The molecule has 2 aromatic heterocycles. The van der Waals surface area contributed by atoms with Crippen LogP contribution in [0.2, 0.25) is 0 Å². The number of thiazole rings is 1. The number of carbonyl (C=O) groups excluding carboxylic acids is 1. The molecule has 108 valence electrons. The van der Waals surface area contributed by atoms with Crippen LogP contribution in [0, 0.1) is 20.8 Å². The molecule has 1 amide bonds. The highest BCUT2D eigenvalue weighted by Gasteiger charge is 2.16. The highest BCUT2D eigenvalue weighted by Crippen LogP contribution is 2.19. The fourth-order valence-corrected chi connectivity index (χ4v) is 3.13. The van der Waals surface area contributed by atoms with Crippen molar-refractivity contribution < 1.29 is 4.79 Å². The van der Waals surface area contributed by atoms with E-state index < -0.39 is 0 Å². The summed E-state index contributed by atoms with van der Waals surface area (Å²) in [6.45, 7) is 8.42. The minimum absolute atomic E-state index is 0.0462. The lowest BCUT2D eigenvalue weighted by Gasteiger charge is -2.05. The standard InChI is InChI=1S/C14H20N4OS/c1-6-12-13(20-10(4)16-12)14(19)15-7-11-8(2)17-18(5)9(11)3/h6-7H2,1-5H3,(H,15,19). The molecule has 0 saturated carbocycles. The third kappa shape index (κ3) is 2.75. The molecule has 5 nitrogen and oxygen atoms in total.